The van der Waals surface area contributed by atoms with Crippen molar-refractivity contribution < 1.29 is 13.9 Å². The van der Waals surface area contributed by atoms with Crippen molar-refractivity contribution in [1.82, 2.24) is 24.1 Å². The average molecular weight is 430 g/mol. The Hall–Kier alpha value is -4.14. The quantitative estimate of drug-likeness (QED) is 0.449. The largest absolute Gasteiger partial charge is 0.463 e. The Bertz CT molecular complexity index is 1440. The van der Waals surface area contributed by atoms with Crippen molar-refractivity contribution in [3.05, 3.63) is 60.7 Å². The maximum Gasteiger partial charge on any atom is 0.418 e. The van der Waals surface area contributed by atoms with Crippen LogP contribution in [0.2, 0.25) is 0 Å². The second kappa shape index (κ2) is 7.23. The molecule has 5 aromatic rings. The Balaban J connectivity index is 1.48. The summed E-state index contributed by atoms with van der Waals surface area (Å²) in [6, 6.07) is 11.4. The first-order valence-corrected chi connectivity index (χ1v) is 10.1. The molecule has 9 heteroatoms. The van der Waals surface area contributed by atoms with Gasteiger partial charge in [0.15, 0.2) is 11.4 Å². The van der Waals surface area contributed by atoms with Gasteiger partial charge < -0.3 is 19.5 Å². The van der Waals surface area contributed by atoms with Crippen LogP contribution in [0.25, 0.3) is 33.5 Å². The number of aromatic nitrogens is 5. The minimum atomic E-state index is -0.561. The summed E-state index contributed by atoms with van der Waals surface area (Å²) in [4.78, 5) is 25.7. The van der Waals surface area contributed by atoms with E-state index < -0.39 is 11.7 Å². The minimum absolute atomic E-state index is 0.149. The number of imidazole rings is 1. The molecule has 0 fully saturated rings. The number of fused-ring (bicyclic) bond motifs is 2. The molecule has 0 aliphatic rings. The molecular formula is C23H22N6O3. The van der Waals surface area contributed by atoms with Gasteiger partial charge in [0.1, 0.15) is 16.8 Å². The Kier molecular flexibility index (Phi) is 4.47. The number of benzene rings is 1. The number of furan rings is 1. The van der Waals surface area contributed by atoms with Gasteiger partial charge >= 0.3 is 6.09 Å². The van der Waals surface area contributed by atoms with Crippen molar-refractivity contribution in [2.24, 2.45) is 0 Å². The van der Waals surface area contributed by atoms with Gasteiger partial charge in [0.25, 0.3) is 0 Å². The van der Waals surface area contributed by atoms with Gasteiger partial charge in [-0.3, -0.25) is 4.57 Å². The molecule has 0 saturated heterocycles. The molecule has 0 atom stereocenters. The van der Waals surface area contributed by atoms with Crippen LogP contribution in [0.1, 0.15) is 26.3 Å². The SMILES string of the molecule is CC(C)(C)OC(=O)n1ccc2cc(Cn3cnc4c(-c5ccco5)nc(N)nc43)ccc21. The molecule has 4 aromatic heterocycles. The normalized spacial score (nSPS) is 12.0. The number of anilines is 1. The van der Waals surface area contributed by atoms with E-state index in [-0.39, 0.29) is 5.95 Å². The highest BCUT2D eigenvalue weighted by atomic mass is 16.6. The lowest BCUT2D eigenvalue weighted by molar-refractivity contribution is 0.0544. The number of hydrogen-bond acceptors (Lipinski definition) is 7. The van der Waals surface area contributed by atoms with Gasteiger partial charge in [-0.05, 0) is 56.7 Å². The van der Waals surface area contributed by atoms with Crippen LogP contribution in [0.3, 0.4) is 0 Å². The van der Waals surface area contributed by atoms with Crippen molar-refractivity contribution in [2.75, 3.05) is 5.73 Å². The van der Waals surface area contributed by atoms with E-state index in [4.69, 9.17) is 14.9 Å². The van der Waals surface area contributed by atoms with Gasteiger partial charge in [0.2, 0.25) is 5.95 Å². The molecule has 0 aliphatic heterocycles. The fraction of sp³-hybridized carbons (Fsp3) is 0.217. The van der Waals surface area contributed by atoms with Crippen molar-refractivity contribution >= 4 is 34.1 Å². The molecule has 0 radical (unpaired) electrons. The first-order valence-electron chi connectivity index (χ1n) is 10.1. The number of carbonyl (C=O) groups is 1. The van der Waals surface area contributed by atoms with Crippen LogP contribution in [0, 0.1) is 0 Å². The summed E-state index contributed by atoms with van der Waals surface area (Å²) in [5.74, 6) is 0.731. The molecule has 0 aliphatic carbocycles. The zero-order valence-corrected chi connectivity index (χ0v) is 17.9. The van der Waals surface area contributed by atoms with E-state index in [1.54, 1.807) is 24.9 Å². The topological polar surface area (TPSA) is 114 Å². The van der Waals surface area contributed by atoms with Gasteiger partial charge in [0.05, 0.1) is 24.7 Å². The highest BCUT2D eigenvalue weighted by Crippen LogP contribution is 2.27. The second-order valence-electron chi connectivity index (χ2n) is 8.51. The van der Waals surface area contributed by atoms with Gasteiger partial charge in [-0.2, -0.15) is 4.98 Å². The summed E-state index contributed by atoms with van der Waals surface area (Å²) in [6.07, 6.45) is 4.60. The third kappa shape index (κ3) is 3.58. The van der Waals surface area contributed by atoms with E-state index in [0.717, 1.165) is 16.5 Å². The first kappa shape index (κ1) is 19.8. The third-order valence-electron chi connectivity index (χ3n) is 4.93. The van der Waals surface area contributed by atoms with E-state index in [2.05, 4.69) is 15.0 Å². The first-order chi connectivity index (χ1) is 15.3. The minimum Gasteiger partial charge on any atom is -0.463 e. The van der Waals surface area contributed by atoms with E-state index in [0.29, 0.717) is 29.2 Å². The predicted molar refractivity (Wildman–Crippen MR) is 120 cm³/mol. The summed E-state index contributed by atoms with van der Waals surface area (Å²) in [6.45, 7) is 6.06. The van der Waals surface area contributed by atoms with Crippen LogP contribution in [0.5, 0.6) is 0 Å². The van der Waals surface area contributed by atoms with Crippen molar-refractivity contribution in [1.29, 1.82) is 0 Å². The highest BCUT2D eigenvalue weighted by molar-refractivity contribution is 5.90. The van der Waals surface area contributed by atoms with Gasteiger partial charge in [-0.25, -0.2) is 14.8 Å². The molecule has 0 saturated carbocycles. The standard InChI is InChI=1S/C23H22N6O3/c1-23(2,3)32-22(30)29-9-8-15-11-14(6-7-16(15)29)12-28-13-25-19-18(17-5-4-10-31-17)26-21(24)27-20(19)28/h4-11,13H,12H2,1-3H3,(H2,24,26,27). The maximum atomic E-state index is 12.5. The molecule has 4 heterocycles. The molecule has 1 aromatic carbocycles. The highest BCUT2D eigenvalue weighted by Gasteiger charge is 2.19. The van der Waals surface area contributed by atoms with E-state index in [1.165, 1.54) is 4.57 Å². The number of nitrogen functional groups attached to an aromatic ring is 1. The molecular weight excluding hydrogens is 408 g/mol. The summed E-state index contributed by atoms with van der Waals surface area (Å²) in [5.41, 5.74) is 8.99. The molecule has 32 heavy (non-hydrogen) atoms. The number of rotatable bonds is 3. The van der Waals surface area contributed by atoms with Crippen molar-refractivity contribution in [2.45, 2.75) is 32.9 Å². The Morgan fingerprint density at radius 1 is 1.19 bits per heavy atom. The molecule has 0 bridgehead atoms. The van der Waals surface area contributed by atoms with Crippen molar-refractivity contribution in [3.8, 4) is 11.5 Å². The molecule has 0 unspecified atom stereocenters. The Morgan fingerprint density at radius 2 is 2.03 bits per heavy atom. The molecule has 0 amide bonds. The van der Waals surface area contributed by atoms with E-state index in [9.17, 15) is 4.79 Å². The number of hydrogen-bond donors (Lipinski definition) is 1. The van der Waals surface area contributed by atoms with Crippen LogP contribution in [-0.4, -0.2) is 35.8 Å². The zero-order valence-electron chi connectivity index (χ0n) is 17.9. The summed E-state index contributed by atoms with van der Waals surface area (Å²) in [5, 5.41) is 0.934. The average Bonchev–Trinajstić information content (AvgIpc) is 3.46. The van der Waals surface area contributed by atoms with Crippen LogP contribution in [0.4, 0.5) is 10.7 Å². The Labute approximate surface area is 183 Å². The molecule has 5 rings (SSSR count). The van der Waals surface area contributed by atoms with Crippen molar-refractivity contribution in [3.63, 3.8) is 0 Å². The maximum absolute atomic E-state index is 12.5. The predicted octanol–water partition coefficient (Wildman–Crippen LogP) is 4.45. The Morgan fingerprint density at radius 3 is 2.78 bits per heavy atom. The van der Waals surface area contributed by atoms with E-state index in [1.807, 2.05) is 55.7 Å². The number of nitrogens with zero attached hydrogens (tertiary/aromatic N) is 5. The molecule has 0 spiro atoms. The van der Waals surface area contributed by atoms with Gasteiger partial charge in [0, 0.05) is 11.6 Å². The summed E-state index contributed by atoms with van der Waals surface area (Å²) in [7, 11) is 0. The smallest absolute Gasteiger partial charge is 0.418 e. The third-order valence-corrected chi connectivity index (χ3v) is 4.93. The van der Waals surface area contributed by atoms with Crippen LogP contribution < -0.4 is 5.73 Å². The fourth-order valence-electron chi connectivity index (χ4n) is 3.62. The van der Waals surface area contributed by atoms with Crippen LogP contribution in [-0.2, 0) is 11.3 Å². The lowest BCUT2D eigenvalue weighted by Crippen LogP contribution is -2.26. The van der Waals surface area contributed by atoms with Gasteiger partial charge in [-0.1, -0.05) is 6.07 Å². The molecule has 9 nitrogen and oxygen atoms in total. The van der Waals surface area contributed by atoms with Crippen LogP contribution >= 0.6 is 0 Å². The van der Waals surface area contributed by atoms with Crippen LogP contribution in [0.15, 0.2) is 59.6 Å². The fourth-order valence-corrected chi connectivity index (χ4v) is 3.62. The van der Waals surface area contributed by atoms with E-state index >= 15 is 0 Å². The lowest BCUT2D eigenvalue weighted by atomic mass is 10.1. The number of nitrogens with two attached hydrogens (primary N) is 1. The lowest BCUT2D eigenvalue weighted by Gasteiger charge is -2.19. The van der Waals surface area contributed by atoms with Gasteiger partial charge in [-0.15, -0.1) is 0 Å². The number of carbonyl (C=O) groups excluding carboxylic acids is 1. The monoisotopic (exact) mass is 430 g/mol. The zero-order chi connectivity index (χ0) is 22.5. The summed E-state index contributed by atoms with van der Waals surface area (Å²) >= 11 is 0. The molecule has 2 N–H and O–H groups in total. The number of ether oxygens (including phenoxy) is 1. The molecule has 162 valence electrons. The second-order valence-corrected chi connectivity index (χ2v) is 8.51. The summed E-state index contributed by atoms with van der Waals surface area (Å²) < 4.78 is 14.4.